The van der Waals surface area contributed by atoms with Gasteiger partial charge in [0.05, 0.1) is 5.75 Å². The molecule has 0 bridgehead atoms. The molecule has 6 rings (SSSR count). The molecule has 4 aliphatic rings. The number of carbonyl (C=O) groups excluding carboxylic acids is 4. The molecule has 4 heterocycles. The van der Waals surface area contributed by atoms with E-state index in [1.807, 2.05) is 46.4 Å². The number of benzene rings is 2. The predicted octanol–water partition coefficient (Wildman–Crippen LogP) is 7.69. The van der Waals surface area contributed by atoms with Crippen LogP contribution in [0, 0.1) is 27.7 Å². The van der Waals surface area contributed by atoms with Crippen molar-refractivity contribution in [3.8, 4) is 0 Å². The molecule has 0 saturated carbocycles. The summed E-state index contributed by atoms with van der Waals surface area (Å²) in [7, 11) is -7.23. The topological polar surface area (TPSA) is 284 Å². The lowest BCUT2D eigenvalue weighted by molar-refractivity contribution is -0.125. The highest BCUT2D eigenvalue weighted by Gasteiger charge is 2.48. The Morgan fingerprint density at radius 1 is 0.608 bits per heavy atom. The zero-order valence-corrected chi connectivity index (χ0v) is 50.0. The van der Waals surface area contributed by atoms with Crippen molar-refractivity contribution in [2.45, 2.75) is 150 Å². The number of hydrogen-bond donors (Lipinski definition) is 4. The van der Waals surface area contributed by atoms with E-state index in [1.54, 1.807) is 50.5 Å². The minimum Gasteiger partial charge on any atom is -0.351 e. The van der Waals surface area contributed by atoms with Crippen LogP contribution >= 0.6 is 11.8 Å². The Balaban J connectivity index is 0.000000337. The van der Waals surface area contributed by atoms with Crippen molar-refractivity contribution >= 4 is 101 Å². The highest BCUT2D eigenvalue weighted by Crippen LogP contribution is 2.35. The molecule has 4 aliphatic heterocycles. The van der Waals surface area contributed by atoms with Gasteiger partial charge in [0.25, 0.3) is 11.8 Å². The van der Waals surface area contributed by atoms with Gasteiger partial charge in [-0.2, -0.15) is 20.4 Å². The number of hydrogen-bond acceptors (Lipinski definition) is 13. The van der Waals surface area contributed by atoms with E-state index in [9.17, 15) is 44.4 Å². The molecule has 0 atom stereocenters. The number of carbonyl (C=O) groups is 4. The van der Waals surface area contributed by atoms with Gasteiger partial charge >= 0.3 is 12.1 Å². The largest absolute Gasteiger partial charge is 0.351 e. The lowest BCUT2D eigenvalue weighted by Crippen LogP contribution is -2.50. The van der Waals surface area contributed by atoms with E-state index < -0.39 is 53.0 Å². The third-order valence-corrected chi connectivity index (χ3v) is 21.1. The number of nitrogens with zero attached hydrogens (tertiary/aromatic N) is 6. The van der Waals surface area contributed by atoms with E-state index in [-0.39, 0.29) is 69.8 Å². The standard InChI is InChI=1S/C27H41N5O6S2.C27H41N5O4S2.CH4/c1-5-15-39(35,36)16-8-6-7-9-24-29-25(33)27(30-24)11-13-32(14-12-27)40(37,38)17-10-23-20(2)18-22(19-21(23)3)31(4)26(28)34;1-5-15-37-16-8-6-7-9-24-29-25(33)27(30-24)11-13-32(14-12-27)38(35,36)17-10-23-20(2)18-22(19-21(23)3)31(4)26(28)34;/h10,17-19H,5-9,11-16H2,1-4H3,(H2,28,34)(H,29,30,33);10,17-19H,5-9,11-16H2,1-4H3,(H2,28,34)(H,29,30,33);1H4/b2*17-10+;. The Kier molecular flexibility index (Phi) is 24.4. The molecular weight excluding hydrogens is 1090 g/mol. The quantitative estimate of drug-likeness (QED) is 0.0739. The Hall–Kier alpha value is -5.14. The van der Waals surface area contributed by atoms with Crippen LogP contribution in [0.4, 0.5) is 21.0 Å². The zero-order chi connectivity index (χ0) is 57.6. The summed E-state index contributed by atoms with van der Waals surface area (Å²) >= 11 is 1.99. The third kappa shape index (κ3) is 17.9. The van der Waals surface area contributed by atoms with Crippen molar-refractivity contribution in [3.05, 3.63) is 68.5 Å². The molecule has 20 nitrogen and oxygen atoms in total. The first kappa shape index (κ1) is 66.4. The molecule has 6 N–H and O–H groups in total. The number of nitrogens with two attached hydrogens (primary N) is 2. The first-order valence-corrected chi connectivity index (χ1v) is 32.9. The number of aliphatic imine (C=N–C) groups is 2. The Morgan fingerprint density at radius 3 is 1.34 bits per heavy atom. The summed E-state index contributed by atoms with van der Waals surface area (Å²) in [5, 5.41) is 8.21. The SMILES string of the molecule is C.CCCS(=O)(=O)CCCCCC1=NC2(CCN(S(=O)(=O)/C=C/c3c(C)cc(N(C)C(N)=O)cc3C)CC2)C(=O)N1.CCCSCCCCCC1=NC2(CCN(S(=O)(=O)/C=C/c3c(C)cc(N(C)C(N)=O)cc3C)CC2)C(=O)N1. The van der Waals surface area contributed by atoms with Crippen LogP contribution < -0.4 is 31.9 Å². The maximum absolute atomic E-state index is 13.1. The molecule has 79 heavy (non-hydrogen) atoms. The first-order valence-electron chi connectivity index (χ1n) is 26.9. The molecule has 6 amide bonds. The number of sulfone groups is 1. The van der Waals surface area contributed by atoms with Crippen molar-refractivity contribution in [2.75, 3.05) is 73.1 Å². The van der Waals surface area contributed by atoms with Gasteiger partial charge in [0.15, 0.2) is 0 Å². The Bertz CT molecular complexity index is 2930. The lowest BCUT2D eigenvalue weighted by Gasteiger charge is -2.34. The van der Waals surface area contributed by atoms with Crippen LogP contribution in [0.3, 0.4) is 0 Å². The minimum atomic E-state index is -3.73. The van der Waals surface area contributed by atoms with Gasteiger partial charge in [-0.05, 0) is 173 Å². The zero-order valence-electron chi connectivity index (χ0n) is 46.7. The van der Waals surface area contributed by atoms with Crippen LogP contribution in [-0.2, 0) is 39.5 Å². The van der Waals surface area contributed by atoms with Crippen molar-refractivity contribution < 1.29 is 44.4 Å². The molecule has 2 fully saturated rings. The molecule has 2 saturated heterocycles. The minimum absolute atomic E-state index is 0. The summed E-state index contributed by atoms with van der Waals surface area (Å²) in [6.45, 7) is 12.3. The van der Waals surface area contributed by atoms with Gasteiger partial charge < -0.3 is 22.1 Å². The van der Waals surface area contributed by atoms with Crippen LogP contribution in [0.25, 0.3) is 12.2 Å². The number of urea groups is 2. The second kappa shape index (κ2) is 29.0. The fourth-order valence-corrected chi connectivity index (χ4v) is 14.7. The number of thioether (sulfide) groups is 1. The van der Waals surface area contributed by atoms with E-state index >= 15 is 0 Å². The molecule has 0 radical (unpaired) electrons. The van der Waals surface area contributed by atoms with Crippen LogP contribution in [-0.4, -0.2) is 144 Å². The summed E-state index contributed by atoms with van der Waals surface area (Å²) in [6.07, 6.45) is 12.9. The average Bonchev–Trinajstić information content (AvgIpc) is 3.88. The van der Waals surface area contributed by atoms with E-state index in [2.05, 4.69) is 22.5 Å². The van der Waals surface area contributed by atoms with Gasteiger partial charge in [0, 0.05) is 81.1 Å². The Labute approximate surface area is 474 Å². The van der Waals surface area contributed by atoms with Gasteiger partial charge in [-0.1, -0.05) is 34.1 Å². The molecule has 24 heteroatoms. The van der Waals surface area contributed by atoms with Crippen LogP contribution in [0.5, 0.6) is 0 Å². The fourth-order valence-electron chi connectivity index (χ4n) is 9.98. The number of unbranched alkanes of at least 4 members (excludes halogenated alkanes) is 4. The molecule has 440 valence electrons. The maximum atomic E-state index is 13.1. The van der Waals surface area contributed by atoms with E-state index in [0.29, 0.717) is 49.3 Å². The molecular formula is C55H86N10O10S4. The number of amides is 6. The molecule has 2 aromatic carbocycles. The third-order valence-electron chi connectivity index (χ3n) is 14.7. The van der Waals surface area contributed by atoms with Gasteiger partial charge in [0.1, 0.15) is 32.6 Å². The first-order chi connectivity index (χ1) is 36.7. The van der Waals surface area contributed by atoms with Crippen molar-refractivity contribution in [1.82, 2.24) is 19.2 Å². The molecule has 2 spiro atoms. The normalized spacial score (nSPS) is 17.5. The average molecular weight is 1180 g/mol. The second-order valence-electron chi connectivity index (χ2n) is 20.7. The summed E-state index contributed by atoms with van der Waals surface area (Å²) in [6, 6.07) is 6.00. The summed E-state index contributed by atoms with van der Waals surface area (Å²) in [4.78, 5) is 60.6. The molecule has 2 aromatic rings. The number of primary amides is 2. The van der Waals surface area contributed by atoms with Crippen molar-refractivity contribution in [3.63, 3.8) is 0 Å². The monoisotopic (exact) mass is 1170 g/mol. The predicted molar refractivity (Wildman–Crippen MR) is 322 cm³/mol. The number of nitrogens with one attached hydrogen (secondary N) is 2. The summed E-state index contributed by atoms with van der Waals surface area (Å²) < 4.78 is 78.9. The van der Waals surface area contributed by atoms with Crippen LogP contribution in [0.15, 0.2) is 45.1 Å². The van der Waals surface area contributed by atoms with E-state index in [4.69, 9.17) is 16.5 Å². The maximum Gasteiger partial charge on any atom is 0.318 e. The van der Waals surface area contributed by atoms with Crippen molar-refractivity contribution in [2.24, 2.45) is 21.5 Å². The van der Waals surface area contributed by atoms with Crippen LogP contribution in [0.1, 0.15) is 145 Å². The number of sulfonamides is 2. The van der Waals surface area contributed by atoms with E-state index in [1.165, 1.54) is 53.6 Å². The van der Waals surface area contributed by atoms with Gasteiger partial charge in [-0.15, -0.1) is 0 Å². The summed E-state index contributed by atoms with van der Waals surface area (Å²) in [5.74, 6) is 3.79. The number of rotatable bonds is 24. The summed E-state index contributed by atoms with van der Waals surface area (Å²) in [5.41, 5.74) is 15.0. The fraction of sp³-hybridized carbons (Fsp3) is 0.600. The van der Waals surface area contributed by atoms with Crippen LogP contribution in [0.2, 0.25) is 0 Å². The van der Waals surface area contributed by atoms with Gasteiger partial charge in [-0.25, -0.2) is 34.8 Å². The number of aryl methyl sites for hydroxylation is 4. The van der Waals surface area contributed by atoms with Crippen molar-refractivity contribution in [1.29, 1.82) is 0 Å². The number of anilines is 2. The highest BCUT2D eigenvalue weighted by molar-refractivity contribution is 7.99. The molecule has 0 aliphatic carbocycles. The molecule has 0 unspecified atom stereocenters. The second-order valence-corrected chi connectivity index (χ2v) is 27.9. The van der Waals surface area contributed by atoms with E-state index in [0.717, 1.165) is 71.3 Å². The number of amidine groups is 2. The smallest absolute Gasteiger partial charge is 0.318 e. The van der Waals surface area contributed by atoms with Gasteiger partial charge in [-0.3, -0.25) is 29.4 Å². The Morgan fingerprint density at radius 2 is 0.987 bits per heavy atom. The lowest BCUT2D eigenvalue weighted by atomic mass is 9.89. The number of piperidine rings is 2. The highest BCUT2D eigenvalue weighted by atomic mass is 32.2. The van der Waals surface area contributed by atoms with Gasteiger partial charge in [0.2, 0.25) is 20.0 Å². The molecule has 0 aromatic heterocycles.